The highest BCUT2D eigenvalue weighted by molar-refractivity contribution is 5.80. The second kappa shape index (κ2) is 19.0. The van der Waals surface area contributed by atoms with Gasteiger partial charge in [-0.1, -0.05) is 80.6 Å². The molecule has 3 unspecified atom stereocenters. The highest BCUT2D eigenvalue weighted by Gasteiger charge is 2.36. The fourth-order valence-electron chi connectivity index (χ4n) is 7.08. The minimum absolute atomic E-state index is 0.0915. The number of rotatable bonds is 17. The van der Waals surface area contributed by atoms with Crippen LogP contribution in [0.1, 0.15) is 61.4 Å². The van der Waals surface area contributed by atoms with Crippen LogP contribution in [0.25, 0.3) is 0 Å². The summed E-state index contributed by atoms with van der Waals surface area (Å²) in [4.78, 5) is 31.3. The number of carbonyl (C=O) groups is 2. The summed E-state index contributed by atoms with van der Waals surface area (Å²) in [6.45, 7) is 8.65. The van der Waals surface area contributed by atoms with Gasteiger partial charge in [-0.25, -0.2) is 4.79 Å². The van der Waals surface area contributed by atoms with E-state index in [0.717, 1.165) is 60.9 Å². The van der Waals surface area contributed by atoms with E-state index >= 15 is 0 Å². The average Bonchev–Trinajstić information content (AvgIpc) is 3.47. The number of ether oxygens (including phenoxy) is 3. The highest BCUT2D eigenvalue weighted by Crippen LogP contribution is 2.32. The van der Waals surface area contributed by atoms with Crippen molar-refractivity contribution in [2.45, 2.75) is 82.8 Å². The third-order valence-corrected chi connectivity index (χ3v) is 10.3. The molecule has 5 atom stereocenters. The summed E-state index contributed by atoms with van der Waals surface area (Å²) < 4.78 is 17.2. The van der Waals surface area contributed by atoms with Crippen LogP contribution in [0.2, 0.25) is 0 Å². The molecule has 0 aromatic heterocycles. The van der Waals surface area contributed by atoms with Gasteiger partial charge in [0.05, 0.1) is 37.5 Å². The lowest BCUT2D eigenvalue weighted by Gasteiger charge is -2.34. The number of nitrogens with zero attached hydrogens (tertiary/aromatic N) is 2. The van der Waals surface area contributed by atoms with Gasteiger partial charge in [0.2, 0.25) is 5.91 Å². The standard InChI is InChI=1S/C41H55N3O7/c1-4-33(5-2)51-41(48)43(3)36(26-29-11-7-6-8-12-29)37(45)28-32(40(47)42-39-35-14-10-9-13-31(35)27-38(39)46)25-30-15-17-34(18-16-30)50-24-21-44-19-22-49-23-20-44/h6-18,32-33,36-39,45-46H,4-5,19-28H2,1-3H3,(H,42,47)/t32?,36?,37?,38-,39-/m0/s1. The smallest absolute Gasteiger partial charge is 0.410 e. The van der Waals surface area contributed by atoms with Gasteiger partial charge in [0.25, 0.3) is 0 Å². The molecule has 2 amide bonds. The van der Waals surface area contributed by atoms with E-state index in [2.05, 4.69) is 10.2 Å². The fourth-order valence-corrected chi connectivity index (χ4v) is 7.08. The number of aliphatic hydroxyl groups excluding tert-OH is 2. The Hall–Kier alpha value is -3.96. The number of hydrogen-bond donors (Lipinski definition) is 3. The molecule has 3 N–H and O–H groups in total. The molecule has 1 fully saturated rings. The van der Waals surface area contributed by atoms with Crippen molar-refractivity contribution < 1.29 is 34.0 Å². The Morgan fingerprint density at radius 1 is 0.941 bits per heavy atom. The zero-order chi connectivity index (χ0) is 36.2. The summed E-state index contributed by atoms with van der Waals surface area (Å²) in [7, 11) is 1.65. The lowest BCUT2D eigenvalue weighted by Crippen LogP contribution is -2.49. The van der Waals surface area contributed by atoms with E-state index in [-0.39, 0.29) is 18.4 Å². The van der Waals surface area contributed by atoms with Gasteiger partial charge >= 0.3 is 6.09 Å². The first-order valence-corrected chi connectivity index (χ1v) is 18.5. The number of amides is 2. The Kier molecular flexibility index (Phi) is 14.3. The maximum absolute atomic E-state index is 14.2. The van der Waals surface area contributed by atoms with Gasteiger partial charge in [-0.05, 0) is 66.5 Å². The van der Waals surface area contributed by atoms with E-state index in [1.54, 1.807) is 7.05 Å². The van der Waals surface area contributed by atoms with Crippen LogP contribution in [0.15, 0.2) is 78.9 Å². The van der Waals surface area contributed by atoms with Gasteiger partial charge in [-0.2, -0.15) is 0 Å². The van der Waals surface area contributed by atoms with E-state index in [1.165, 1.54) is 4.90 Å². The molecule has 51 heavy (non-hydrogen) atoms. The van der Waals surface area contributed by atoms with Crippen LogP contribution in [0.4, 0.5) is 4.79 Å². The van der Waals surface area contributed by atoms with Crippen molar-refractivity contribution in [3.63, 3.8) is 0 Å². The summed E-state index contributed by atoms with van der Waals surface area (Å²) in [5, 5.41) is 26.0. The van der Waals surface area contributed by atoms with Gasteiger partial charge in [-0.15, -0.1) is 0 Å². The summed E-state index contributed by atoms with van der Waals surface area (Å²) in [6.07, 6.45) is 0.150. The van der Waals surface area contributed by atoms with Gasteiger partial charge in [0, 0.05) is 39.0 Å². The lowest BCUT2D eigenvalue weighted by atomic mass is 9.88. The number of fused-ring (bicyclic) bond motifs is 1. The van der Waals surface area contributed by atoms with Crippen LogP contribution in [0.3, 0.4) is 0 Å². The molecule has 3 aromatic rings. The molecule has 276 valence electrons. The number of likely N-dealkylation sites (N-methyl/N-ethyl adjacent to an activating group) is 1. The lowest BCUT2D eigenvalue weighted by molar-refractivity contribution is -0.128. The fraction of sp³-hybridized carbons (Fsp3) is 0.512. The zero-order valence-electron chi connectivity index (χ0n) is 30.3. The zero-order valence-corrected chi connectivity index (χ0v) is 30.3. The first-order chi connectivity index (χ1) is 24.7. The number of morpholine rings is 1. The molecule has 5 rings (SSSR count). The molecule has 1 saturated heterocycles. The van der Waals surface area contributed by atoms with Gasteiger partial charge in [0.1, 0.15) is 18.5 Å². The Morgan fingerprint density at radius 2 is 1.61 bits per heavy atom. The summed E-state index contributed by atoms with van der Waals surface area (Å²) >= 11 is 0. The van der Waals surface area contributed by atoms with Crippen LogP contribution >= 0.6 is 0 Å². The van der Waals surface area contributed by atoms with E-state index in [1.807, 2.05) is 92.7 Å². The Labute approximate surface area is 302 Å². The summed E-state index contributed by atoms with van der Waals surface area (Å²) in [5.74, 6) is -0.171. The Morgan fingerprint density at radius 3 is 2.31 bits per heavy atom. The van der Waals surface area contributed by atoms with Gasteiger partial charge in [0.15, 0.2) is 0 Å². The molecule has 0 saturated carbocycles. The van der Waals surface area contributed by atoms with Crippen molar-refractivity contribution in [3.05, 3.63) is 101 Å². The predicted octanol–water partition coefficient (Wildman–Crippen LogP) is 4.95. The van der Waals surface area contributed by atoms with E-state index < -0.39 is 36.3 Å². The molecular weight excluding hydrogens is 646 g/mol. The molecule has 1 aliphatic carbocycles. The van der Waals surface area contributed by atoms with Crippen LogP contribution < -0.4 is 10.1 Å². The van der Waals surface area contributed by atoms with Crippen LogP contribution in [0.5, 0.6) is 5.75 Å². The van der Waals surface area contributed by atoms with Crippen molar-refractivity contribution in [2.24, 2.45) is 5.92 Å². The highest BCUT2D eigenvalue weighted by atomic mass is 16.6. The Balaban J connectivity index is 1.33. The average molecular weight is 702 g/mol. The van der Waals surface area contributed by atoms with Gasteiger partial charge in [-0.3, -0.25) is 9.69 Å². The molecule has 1 aliphatic heterocycles. The first kappa shape index (κ1) is 38.3. The van der Waals surface area contributed by atoms with Crippen molar-refractivity contribution in [1.29, 1.82) is 0 Å². The third-order valence-electron chi connectivity index (χ3n) is 10.3. The minimum Gasteiger partial charge on any atom is -0.492 e. The monoisotopic (exact) mass is 701 g/mol. The topological polar surface area (TPSA) is 121 Å². The normalized spacial score (nSPS) is 19.2. The summed E-state index contributed by atoms with van der Waals surface area (Å²) in [5.41, 5.74) is 3.79. The molecule has 0 spiro atoms. The van der Waals surface area contributed by atoms with Crippen LogP contribution in [-0.2, 0) is 33.5 Å². The summed E-state index contributed by atoms with van der Waals surface area (Å²) in [6, 6.07) is 24.0. The largest absolute Gasteiger partial charge is 0.492 e. The number of benzene rings is 3. The van der Waals surface area contributed by atoms with Crippen molar-refractivity contribution in [1.82, 2.24) is 15.1 Å². The molecule has 1 heterocycles. The van der Waals surface area contributed by atoms with E-state index in [4.69, 9.17) is 14.2 Å². The SMILES string of the molecule is CCC(CC)OC(=O)N(C)C(Cc1ccccc1)C(O)CC(Cc1ccc(OCCN2CCOCC2)cc1)C(=O)N[C@H]1c2ccccc2C[C@@H]1O. The van der Waals surface area contributed by atoms with Gasteiger partial charge < -0.3 is 34.6 Å². The third kappa shape index (κ3) is 10.8. The number of hydrogen-bond acceptors (Lipinski definition) is 8. The molecule has 10 heteroatoms. The number of aliphatic hydroxyl groups is 2. The maximum atomic E-state index is 14.2. The molecule has 10 nitrogen and oxygen atoms in total. The molecule has 0 radical (unpaired) electrons. The number of carbonyl (C=O) groups excluding carboxylic acids is 2. The molecule has 3 aromatic carbocycles. The van der Waals surface area contributed by atoms with Crippen LogP contribution in [0, 0.1) is 5.92 Å². The van der Waals surface area contributed by atoms with Crippen molar-refractivity contribution in [3.8, 4) is 5.75 Å². The van der Waals surface area contributed by atoms with Crippen molar-refractivity contribution in [2.75, 3.05) is 46.5 Å². The van der Waals surface area contributed by atoms with Crippen molar-refractivity contribution >= 4 is 12.0 Å². The molecule has 2 aliphatic rings. The molecular formula is C41H55N3O7. The minimum atomic E-state index is -1.05. The Bertz CT molecular complexity index is 1510. The quantitative estimate of drug-likeness (QED) is 0.181. The van der Waals surface area contributed by atoms with E-state index in [0.29, 0.717) is 38.7 Å². The maximum Gasteiger partial charge on any atom is 0.410 e. The number of nitrogens with one attached hydrogen (secondary N) is 1. The predicted molar refractivity (Wildman–Crippen MR) is 197 cm³/mol. The second-order valence-electron chi connectivity index (χ2n) is 13.8. The second-order valence-corrected chi connectivity index (χ2v) is 13.8. The first-order valence-electron chi connectivity index (χ1n) is 18.5. The van der Waals surface area contributed by atoms with Crippen LogP contribution in [-0.4, -0.2) is 103 Å². The molecule has 0 bridgehead atoms. The van der Waals surface area contributed by atoms with E-state index in [9.17, 15) is 19.8 Å².